The van der Waals surface area contributed by atoms with Crippen LogP contribution in [0.25, 0.3) is 10.9 Å². The zero-order valence-corrected chi connectivity index (χ0v) is 16.0. The summed E-state index contributed by atoms with van der Waals surface area (Å²) < 4.78 is 40.4. The molecule has 0 saturated carbocycles. The number of aryl methyl sites for hydroxylation is 1. The third-order valence-corrected chi connectivity index (χ3v) is 4.93. The average Bonchev–Trinajstić information content (AvgIpc) is 2.56. The first kappa shape index (κ1) is 18.6. The molecule has 1 heterocycles. The summed E-state index contributed by atoms with van der Waals surface area (Å²) in [6.45, 7) is 5.28. The van der Waals surface area contributed by atoms with Crippen LogP contribution in [0.2, 0.25) is 0 Å². The lowest BCUT2D eigenvalue weighted by atomic mass is 9.97. The maximum absolute atomic E-state index is 13.8. The minimum Gasteiger partial charge on any atom is -0.363 e. The molecule has 0 fully saturated rings. The Morgan fingerprint density at radius 3 is 2.46 bits per heavy atom. The molecule has 0 spiro atoms. The van der Waals surface area contributed by atoms with Gasteiger partial charge in [-0.2, -0.15) is 0 Å². The first-order valence-electron chi connectivity index (χ1n) is 8.05. The molecule has 1 atom stereocenters. The molecule has 0 aliphatic heterocycles. The highest BCUT2D eigenvalue weighted by atomic mass is 79.9. The summed E-state index contributed by atoms with van der Waals surface area (Å²) in [5.74, 6) is 0.615. The van der Waals surface area contributed by atoms with E-state index in [9.17, 15) is 13.2 Å². The predicted octanol–water partition coefficient (Wildman–Crippen LogP) is 6.26. The number of alkyl halides is 2. The van der Waals surface area contributed by atoms with Gasteiger partial charge < -0.3 is 5.32 Å². The molecular weight excluding hydrogens is 407 g/mol. The fraction of sp³-hybridized carbons (Fsp3) is 0.263. The molecule has 1 aromatic heterocycles. The van der Waals surface area contributed by atoms with Crippen molar-refractivity contribution in [1.82, 2.24) is 9.97 Å². The van der Waals surface area contributed by atoms with Crippen LogP contribution in [0, 0.1) is 19.7 Å². The number of rotatable bonds is 4. The highest BCUT2D eigenvalue weighted by molar-refractivity contribution is 9.10. The van der Waals surface area contributed by atoms with E-state index in [1.165, 1.54) is 12.1 Å². The SMILES string of the molecule is Cc1nc(NC(C)c2cccc(C(F)F)c2C)c2cc(Br)c(F)cc2n1. The zero-order valence-electron chi connectivity index (χ0n) is 14.4. The number of halogens is 4. The maximum atomic E-state index is 13.8. The normalized spacial score (nSPS) is 12.6. The van der Waals surface area contributed by atoms with E-state index in [2.05, 4.69) is 31.2 Å². The average molecular weight is 424 g/mol. The first-order valence-corrected chi connectivity index (χ1v) is 8.84. The van der Waals surface area contributed by atoms with Gasteiger partial charge in [-0.05, 0) is 53.9 Å². The van der Waals surface area contributed by atoms with E-state index in [1.807, 2.05) is 13.0 Å². The van der Waals surface area contributed by atoms with Crippen LogP contribution in [-0.2, 0) is 0 Å². The molecule has 0 aliphatic rings. The number of benzene rings is 2. The van der Waals surface area contributed by atoms with Crippen molar-refractivity contribution < 1.29 is 13.2 Å². The Morgan fingerprint density at radius 2 is 1.77 bits per heavy atom. The van der Waals surface area contributed by atoms with Crippen molar-refractivity contribution in [2.75, 3.05) is 5.32 Å². The highest BCUT2D eigenvalue weighted by Gasteiger charge is 2.18. The third-order valence-electron chi connectivity index (χ3n) is 4.32. The first-order chi connectivity index (χ1) is 12.3. The summed E-state index contributed by atoms with van der Waals surface area (Å²) in [6, 6.07) is 7.55. The van der Waals surface area contributed by atoms with Crippen molar-refractivity contribution in [3.63, 3.8) is 0 Å². The zero-order chi connectivity index (χ0) is 19.0. The molecule has 136 valence electrons. The van der Waals surface area contributed by atoms with Crippen LogP contribution < -0.4 is 5.32 Å². The molecule has 0 aliphatic carbocycles. The lowest BCUT2D eigenvalue weighted by molar-refractivity contribution is 0.150. The van der Waals surface area contributed by atoms with Gasteiger partial charge in [0, 0.05) is 17.0 Å². The quantitative estimate of drug-likeness (QED) is 0.537. The molecule has 3 aromatic rings. The molecule has 1 unspecified atom stereocenters. The van der Waals surface area contributed by atoms with Gasteiger partial charge in [0.2, 0.25) is 0 Å². The van der Waals surface area contributed by atoms with Crippen LogP contribution in [0.5, 0.6) is 0 Å². The second kappa shape index (κ2) is 7.23. The molecular formula is C19H17BrF3N3. The summed E-state index contributed by atoms with van der Waals surface area (Å²) in [5.41, 5.74) is 1.80. The Balaban J connectivity index is 2.04. The van der Waals surface area contributed by atoms with Crippen molar-refractivity contribution in [2.24, 2.45) is 0 Å². The van der Waals surface area contributed by atoms with Gasteiger partial charge in [0.1, 0.15) is 17.5 Å². The summed E-state index contributed by atoms with van der Waals surface area (Å²) in [4.78, 5) is 8.67. The van der Waals surface area contributed by atoms with E-state index in [-0.39, 0.29) is 11.6 Å². The molecule has 3 nitrogen and oxygen atoms in total. The third kappa shape index (κ3) is 3.53. The highest BCUT2D eigenvalue weighted by Crippen LogP contribution is 2.32. The van der Waals surface area contributed by atoms with Gasteiger partial charge in [0.05, 0.1) is 16.0 Å². The summed E-state index contributed by atoms with van der Waals surface area (Å²) >= 11 is 3.18. The molecule has 2 aromatic carbocycles. The Kier molecular flexibility index (Phi) is 5.18. The largest absolute Gasteiger partial charge is 0.363 e. The minimum atomic E-state index is -2.52. The summed E-state index contributed by atoms with van der Waals surface area (Å²) in [5, 5.41) is 3.91. The standard InChI is InChI=1S/C19H17BrF3N3/c1-9-12(5-4-6-13(9)18(22)23)10(2)24-19-14-7-15(20)16(21)8-17(14)25-11(3)26-19/h4-8,10,18H,1-3H3,(H,24,25,26). The fourth-order valence-corrected chi connectivity index (χ4v) is 3.35. The monoisotopic (exact) mass is 423 g/mol. The van der Waals surface area contributed by atoms with E-state index < -0.39 is 12.2 Å². The summed E-state index contributed by atoms with van der Waals surface area (Å²) in [7, 11) is 0. The van der Waals surface area contributed by atoms with Gasteiger partial charge in [0.15, 0.2) is 0 Å². The smallest absolute Gasteiger partial charge is 0.264 e. The van der Waals surface area contributed by atoms with Crippen LogP contribution in [0.4, 0.5) is 19.0 Å². The van der Waals surface area contributed by atoms with Gasteiger partial charge in [-0.25, -0.2) is 23.1 Å². The molecule has 0 saturated heterocycles. The Morgan fingerprint density at radius 1 is 1.08 bits per heavy atom. The van der Waals surface area contributed by atoms with Crippen LogP contribution in [-0.4, -0.2) is 9.97 Å². The van der Waals surface area contributed by atoms with Crippen molar-refractivity contribution in [2.45, 2.75) is 33.2 Å². The van der Waals surface area contributed by atoms with Crippen molar-refractivity contribution in [3.8, 4) is 0 Å². The number of nitrogens with zero attached hydrogens (tertiary/aromatic N) is 2. The van der Waals surface area contributed by atoms with Crippen LogP contribution in [0.15, 0.2) is 34.8 Å². The van der Waals surface area contributed by atoms with Crippen molar-refractivity contribution in [1.29, 1.82) is 0 Å². The number of aromatic nitrogens is 2. The fourth-order valence-electron chi connectivity index (χ4n) is 3.01. The molecule has 7 heteroatoms. The Bertz CT molecular complexity index is 976. The Hall–Kier alpha value is -2.15. The van der Waals surface area contributed by atoms with Gasteiger partial charge in [-0.1, -0.05) is 18.2 Å². The molecule has 26 heavy (non-hydrogen) atoms. The van der Waals surface area contributed by atoms with Crippen molar-refractivity contribution >= 4 is 32.7 Å². The molecule has 0 radical (unpaired) electrons. The molecule has 0 amide bonds. The number of anilines is 1. The number of hydrogen-bond donors (Lipinski definition) is 1. The van der Waals surface area contributed by atoms with E-state index in [1.54, 1.807) is 26.0 Å². The van der Waals surface area contributed by atoms with Crippen molar-refractivity contribution in [3.05, 3.63) is 63.1 Å². The van der Waals surface area contributed by atoms with Crippen LogP contribution in [0.3, 0.4) is 0 Å². The topological polar surface area (TPSA) is 37.8 Å². The summed E-state index contributed by atoms with van der Waals surface area (Å²) in [6.07, 6.45) is -2.52. The Labute approximate surface area is 157 Å². The lowest BCUT2D eigenvalue weighted by Gasteiger charge is -2.20. The number of fused-ring (bicyclic) bond motifs is 1. The second-order valence-electron chi connectivity index (χ2n) is 6.13. The van der Waals surface area contributed by atoms with Crippen LogP contribution >= 0.6 is 15.9 Å². The second-order valence-corrected chi connectivity index (χ2v) is 6.99. The van der Waals surface area contributed by atoms with Gasteiger partial charge in [0.25, 0.3) is 6.43 Å². The minimum absolute atomic E-state index is 0.0182. The van der Waals surface area contributed by atoms with Gasteiger partial charge in [-0.3, -0.25) is 0 Å². The molecule has 3 rings (SSSR count). The maximum Gasteiger partial charge on any atom is 0.264 e. The van der Waals surface area contributed by atoms with E-state index >= 15 is 0 Å². The van der Waals surface area contributed by atoms with Gasteiger partial charge in [-0.15, -0.1) is 0 Å². The molecule has 1 N–H and O–H groups in total. The van der Waals surface area contributed by atoms with E-state index in [0.29, 0.717) is 32.6 Å². The number of hydrogen-bond acceptors (Lipinski definition) is 3. The number of nitrogens with one attached hydrogen (secondary N) is 1. The van der Waals surface area contributed by atoms with Crippen LogP contribution in [0.1, 0.15) is 41.9 Å². The van der Waals surface area contributed by atoms with Gasteiger partial charge >= 0.3 is 0 Å². The van der Waals surface area contributed by atoms with E-state index in [0.717, 1.165) is 5.56 Å². The predicted molar refractivity (Wildman–Crippen MR) is 100 cm³/mol. The molecule has 0 bridgehead atoms. The van der Waals surface area contributed by atoms with E-state index in [4.69, 9.17) is 0 Å². The lowest BCUT2D eigenvalue weighted by Crippen LogP contribution is -2.12.